The first kappa shape index (κ1) is 26.7. The van der Waals surface area contributed by atoms with Crippen LogP contribution in [0.4, 0.5) is 4.39 Å². The summed E-state index contributed by atoms with van der Waals surface area (Å²) < 4.78 is 19.5. The third kappa shape index (κ3) is 8.43. The summed E-state index contributed by atoms with van der Waals surface area (Å²) in [5.41, 5.74) is -0.804. The van der Waals surface area contributed by atoms with E-state index in [4.69, 9.17) is 4.74 Å². The highest BCUT2D eigenvalue weighted by molar-refractivity contribution is 8.13. The number of rotatable bonds is 4. The molecule has 10 nitrogen and oxygen atoms in total. The molecule has 0 fully saturated rings. The molecule has 182 valence electrons. The lowest BCUT2D eigenvalue weighted by Crippen LogP contribution is -2.44. The topological polar surface area (TPSA) is 144 Å². The Balaban J connectivity index is 2.24. The molecule has 1 aliphatic rings. The molecule has 1 aromatic heterocycles. The van der Waals surface area contributed by atoms with Crippen molar-refractivity contribution in [1.29, 1.82) is 0 Å². The third-order valence-electron chi connectivity index (χ3n) is 4.42. The number of carbonyl (C=O) groups is 5. The second kappa shape index (κ2) is 12.6. The number of esters is 1. The van der Waals surface area contributed by atoms with Gasteiger partial charge in [-0.3, -0.25) is 19.2 Å². The van der Waals surface area contributed by atoms with E-state index < -0.39 is 53.0 Å². The Morgan fingerprint density at radius 2 is 2.03 bits per heavy atom. The fourth-order valence-corrected chi connectivity index (χ4v) is 3.24. The molecule has 12 heteroatoms. The summed E-state index contributed by atoms with van der Waals surface area (Å²) in [5.74, 6) is -3.61. The number of nitrogens with zero attached hydrogens (tertiary/aromatic N) is 1. The highest BCUT2D eigenvalue weighted by Gasteiger charge is 2.25. The zero-order chi connectivity index (χ0) is 25.3. The van der Waals surface area contributed by atoms with Crippen LogP contribution in [0.3, 0.4) is 0 Å². The Labute approximate surface area is 199 Å². The number of hydrogen-bond donors (Lipinski definition) is 3. The zero-order valence-electron chi connectivity index (χ0n) is 18.7. The quantitative estimate of drug-likeness (QED) is 0.246. The Kier molecular flexibility index (Phi) is 9.92. The van der Waals surface area contributed by atoms with Crippen molar-refractivity contribution in [2.75, 3.05) is 5.75 Å². The first-order valence-electron chi connectivity index (χ1n) is 10.3. The fourth-order valence-electron chi connectivity index (χ4n) is 2.70. The number of aromatic nitrogens is 1. The van der Waals surface area contributed by atoms with Crippen molar-refractivity contribution in [3.63, 3.8) is 0 Å². The van der Waals surface area contributed by atoms with Gasteiger partial charge < -0.3 is 20.7 Å². The molecule has 2 atom stereocenters. The first-order chi connectivity index (χ1) is 16.1. The van der Waals surface area contributed by atoms with Crippen LogP contribution in [0, 0.1) is 5.82 Å². The molecule has 0 radical (unpaired) electrons. The number of allylic oxidation sites excluding steroid dienone is 1. The van der Waals surface area contributed by atoms with Crippen molar-refractivity contribution < 1.29 is 33.1 Å². The van der Waals surface area contributed by atoms with Crippen molar-refractivity contribution in [2.45, 2.75) is 45.4 Å². The predicted molar refractivity (Wildman–Crippen MR) is 122 cm³/mol. The van der Waals surface area contributed by atoms with Crippen LogP contribution in [-0.2, 0) is 30.5 Å². The van der Waals surface area contributed by atoms with E-state index in [-0.39, 0.29) is 23.8 Å². The minimum Gasteiger partial charge on any atom is -0.456 e. The predicted octanol–water partition coefficient (Wildman–Crippen LogP) is 1.13. The van der Waals surface area contributed by atoms with Gasteiger partial charge in [0.05, 0.1) is 24.4 Å². The molecule has 3 N–H and O–H groups in total. The number of cyclic esters (lactones) is 1. The number of thioether (sulfide) groups is 1. The van der Waals surface area contributed by atoms with Gasteiger partial charge in [0.15, 0.2) is 16.6 Å². The van der Waals surface area contributed by atoms with Crippen molar-refractivity contribution in [3.05, 3.63) is 53.8 Å². The van der Waals surface area contributed by atoms with Crippen LogP contribution in [0.1, 0.15) is 42.9 Å². The molecular weight excluding hydrogens is 467 g/mol. The maximum absolute atomic E-state index is 14.1. The van der Waals surface area contributed by atoms with Crippen LogP contribution in [0.15, 0.2) is 36.6 Å². The largest absolute Gasteiger partial charge is 0.456 e. The molecule has 0 unspecified atom stereocenters. The maximum atomic E-state index is 14.1. The summed E-state index contributed by atoms with van der Waals surface area (Å²) in [7, 11) is 0. The van der Waals surface area contributed by atoms with Gasteiger partial charge in [-0.05, 0) is 31.6 Å². The molecule has 2 heterocycles. The minimum atomic E-state index is -1.14. The van der Waals surface area contributed by atoms with Crippen LogP contribution >= 0.6 is 11.8 Å². The molecule has 0 aliphatic carbocycles. The summed E-state index contributed by atoms with van der Waals surface area (Å²) in [5, 5.41) is 7.01. The maximum Gasteiger partial charge on any atom is 0.328 e. The second-order valence-electron chi connectivity index (χ2n) is 7.27. The van der Waals surface area contributed by atoms with Crippen LogP contribution in [0.5, 0.6) is 0 Å². The molecule has 1 aromatic rings. The van der Waals surface area contributed by atoms with Crippen LogP contribution in [-0.4, -0.2) is 51.7 Å². The van der Waals surface area contributed by atoms with Crippen molar-refractivity contribution >= 4 is 40.6 Å². The highest BCUT2D eigenvalue weighted by atomic mass is 32.2. The molecule has 0 saturated heterocycles. The third-order valence-corrected chi connectivity index (χ3v) is 5.27. The van der Waals surface area contributed by atoms with Gasteiger partial charge in [-0.2, -0.15) is 0 Å². The summed E-state index contributed by atoms with van der Waals surface area (Å²) in [6, 6.07) is 1.17. The normalized spacial score (nSPS) is 20.4. The lowest BCUT2D eigenvalue weighted by molar-refractivity contribution is -0.151. The van der Waals surface area contributed by atoms with Crippen LogP contribution in [0.2, 0.25) is 0 Å². The van der Waals surface area contributed by atoms with Crippen LogP contribution < -0.4 is 16.0 Å². The van der Waals surface area contributed by atoms with Gasteiger partial charge in [0.1, 0.15) is 12.1 Å². The van der Waals surface area contributed by atoms with Crippen molar-refractivity contribution in [1.82, 2.24) is 20.9 Å². The van der Waals surface area contributed by atoms with E-state index in [1.54, 1.807) is 6.08 Å². The van der Waals surface area contributed by atoms with Gasteiger partial charge >= 0.3 is 5.97 Å². The van der Waals surface area contributed by atoms with E-state index in [0.29, 0.717) is 12.2 Å². The summed E-state index contributed by atoms with van der Waals surface area (Å²) in [4.78, 5) is 64.4. The van der Waals surface area contributed by atoms with E-state index >= 15 is 0 Å². The van der Waals surface area contributed by atoms with E-state index in [1.165, 1.54) is 26.0 Å². The Bertz CT molecular complexity index is 1030. The smallest absolute Gasteiger partial charge is 0.328 e. The highest BCUT2D eigenvalue weighted by Crippen LogP contribution is 2.10. The number of pyridine rings is 1. The fraction of sp³-hybridized carbons (Fsp3) is 0.364. The summed E-state index contributed by atoms with van der Waals surface area (Å²) in [6.45, 7) is 6.13. The lowest BCUT2D eigenvalue weighted by Gasteiger charge is -2.19. The van der Waals surface area contributed by atoms with Gasteiger partial charge in [-0.1, -0.05) is 24.4 Å². The number of halogens is 1. The number of ether oxygens (including phenoxy) is 1. The number of carbonyl (C=O) groups excluding carboxylic acids is 5. The number of nitrogens with one attached hydrogen (secondary N) is 3. The number of amides is 3. The lowest BCUT2D eigenvalue weighted by atomic mass is 10.2. The first-order valence-corrected chi connectivity index (χ1v) is 11.3. The van der Waals surface area contributed by atoms with E-state index in [0.717, 1.165) is 17.8 Å². The molecule has 2 rings (SSSR count). The van der Waals surface area contributed by atoms with E-state index in [1.807, 2.05) is 0 Å². The monoisotopic (exact) mass is 492 g/mol. The summed E-state index contributed by atoms with van der Waals surface area (Å²) in [6.07, 6.45) is 2.55. The molecule has 34 heavy (non-hydrogen) atoms. The van der Waals surface area contributed by atoms with E-state index in [2.05, 4.69) is 27.5 Å². The Morgan fingerprint density at radius 3 is 2.74 bits per heavy atom. The SMILES string of the molecule is C=C1NC(=O)c2nc(ccc2F)CNC(=O)C[C@@H](/C=C/CCSC(C)=O)OC(=O)[C@H](C)NC1=O. The molecule has 0 saturated carbocycles. The van der Waals surface area contributed by atoms with Gasteiger partial charge in [-0.15, -0.1) is 0 Å². The van der Waals surface area contributed by atoms with Gasteiger partial charge in [0, 0.05) is 12.7 Å². The van der Waals surface area contributed by atoms with Crippen molar-refractivity contribution in [2.24, 2.45) is 0 Å². The Morgan fingerprint density at radius 1 is 1.29 bits per heavy atom. The number of hydrogen-bond acceptors (Lipinski definition) is 8. The van der Waals surface area contributed by atoms with Crippen molar-refractivity contribution in [3.8, 4) is 0 Å². The molecule has 3 amide bonds. The van der Waals surface area contributed by atoms with E-state index in [9.17, 15) is 28.4 Å². The minimum absolute atomic E-state index is 0.0242. The zero-order valence-corrected chi connectivity index (χ0v) is 19.5. The van der Waals surface area contributed by atoms with Gasteiger partial charge in [0.2, 0.25) is 5.91 Å². The molecule has 2 bridgehead atoms. The van der Waals surface area contributed by atoms with Gasteiger partial charge in [0.25, 0.3) is 11.8 Å². The Hall–Kier alpha value is -3.54. The molecular formula is C22H25FN4O6S. The average Bonchev–Trinajstić information content (AvgIpc) is 2.77. The molecule has 0 aromatic carbocycles. The van der Waals surface area contributed by atoms with Gasteiger partial charge in [-0.25, -0.2) is 14.2 Å². The standard InChI is InChI=1S/C22H25FN4O6S/c1-12-20(30)26-13(2)22(32)33-16(6-4-5-9-34-14(3)28)10-18(29)24-11-15-7-8-17(23)19(27-15)21(31)25-12/h4,6-8,13,16H,1,5,9-11H2,2-3H3,(H,24,29)(H,25,31)(H,26,30)/b6-4+/t13-,16+/m0/s1. The molecule has 0 spiro atoms. The number of fused-ring (bicyclic) bond motifs is 2. The van der Waals surface area contributed by atoms with Crippen LogP contribution in [0.25, 0.3) is 0 Å². The molecule has 1 aliphatic heterocycles. The average molecular weight is 493 g/mol. The second-order valence-corrected chi connectivity index (χ2v) is 8.55. The summed E-state index contributed by atoms with van der Waals surface area (Å²) >= 11 is 1.14.